The van der Waals surface area contributed by atoms with E-state index in [9.17, 15) is 19.7 Å². The summed E-state index contributed by atoms with van der Waals surface area (Å²) in [6, 6.07) is 11.1. The van der Waals surface area contributed by atoms with E-state index in [-0.39, 0.29) is 23.4 Å². The molecule has 0 spiro atoms. The third-order valence-electron chi connectivity index (χ3n) is 7.34. The molecule has 0 N–H and O–H groups in total. The second-order valence-corrected chi connectivity index (χ2v) is 11.1. The molecule has 4 aromatic rings. The van der Waals surface area contributed by atoms with Crippen LogP contribution in [0.5, 0.6) is 11.5 Å². The number of allylic oxidation sites excluding steroid dienone is 1. The van der Waals surface area contributed by atoms with Crippen LogP contribution in [0.25, 0.3) is 17.4 Å². The van der Waals surface area contributed by atoms with Gasteiger partial charge >= 0.3 is 5.97 Å². The number of fused-ring (bicyclic) bond motifs is 1. The van der Waals surface area contributed by atoms with Crippen molar-refractivity contribution in [3.8, 4) is 22.8 Å². The van der Waals surface area contributed by atoms with Gasteiger partial charge in [-0.25, -0.2) is 9.79 Å². The van der Waals surface area contributed by atoms with Crippen LogP contribution in [-0.4, -0.2) is 35.8 Å². The Morgan fingerprint density at radius 2 is 1.89 bits per heavy atom. The number of benzene rings is 2. The van der Waals surface area contributed by atoms with E-state index in [1.165, 1.54) is 17.7 Å². The third-order valence-corrected chi connectivity index (χ3v) is 8.32. The second-order valence-electron chi connectivity index (χ2n) is 10.0. The first-order valence-corrected chi connectivity index (χ1v) is 14.8. The Morgan fingerprint density at radius 1 is 1.11 bits per heavy atom. The van der Waals surface area contributed by atoms with E-state index in [2.05, 4.69) is 4.99 Å². The van der Waals surface area contributed by atoms with Crippen molar-refractivity contribution >= 4 is 29.1 Å². The van der Waals surface area contributed by atoms with Gasteiger partial charge in [0, 0.05) is 23.3 Å². The topological polar surface area (TPSA) is 135 Å². The van der Waals surface area contributed by atoms with E-state index in [1.807, 2.05) is 13.0 Å². The fraction of sp³-hybridized carbons (Fsp3) is 0.281. The summed E-state index contributed by atoms with van der Waals surface area (Å²) in [4.78, 5) is 43.4. The molecule has 1 atom stereocenters. The number of hydrogen-bond acceptors (Lipinski definition) is 10. The van der Waals surface area contributed by atoms with Crippen molar-refractivity contribution in [1.29, 1.82) is 0 Å². The van der Waals surface area contributed by atoms with E-state index < -0.39 is 16.9 Å². The van der Waals surface area contributed by atoms with Crippen LogP contribution in [0.3, 0.4) is 0 Å². The summed E-state index contributed by atoms with van der Waals surface area (Å²) in [5, 5.41) is 11.6. The number of esters is 1. The summed E-state index contributed by atoms with van der Waals surface area (Å²) in [6.07, 6.45) is 1.60. The lowest BCUT2D eigenvalue weighted by molar-refractivity contribution is -0.385. The van der Waals surface area contributed by atoms with Crippen LogP contribution in [0.15, 0.2) is 67.9 Å². The molecular weight excluding hydrogens is 586 g/mol. The molecule has 3 heterocycles. The number of thiazole rings is 1. The average molecular weight is 618 g/mol. The van der Waals surface area contributed by atoms with Crippen LogP contribution in [-0.2, 0) is 9.53 Å². The van der Waals surface area contributed by atoms with Crippen molar-refractivity contribution < 1.29 is 28.3 Å². The first-order valence-electron chi connectivity index (χ1n) is 13.9. The lowest BCUT2D eigenvalue weighted by Gasteiger charge is -2.25. The number of furan rings is 1. The molecule has 44 heavy (non-hydrogen) atoms. The molecule has 5 rings (SSSR count). The highest BCUT2D eigenvalue weighted by Gasteiger charge is 2.34. The van der Waals surface area contributed by atoms with Gasteiger partial charge in [-0.3, -0.25) is 19.5 Å². The van der Waals surface area contributed by atoms with Crippen molar-refractivity contribution in [2.75, 3.05) is 20.3 Å². The van der Waals surface area contributed by atoms with Crippen molar-refractivity contribution in [3.63, 3.8) is 0 Å². The average Bonchev–Trinajstić information content (AvgIpc) is 3.58. The lowest BCUT2D eigenvalue weighted by atomic mass is 9.95. The monoisotopic (exact) mass is 617 g/mol. The van der Waals surface area contributed by atoms with E-state index in [0.717, 1.165) is 16.9 Å². The number of rotatable bonds is 9. The Labute approximate surface area is 256 Å². The normalized spacial score (nSPS) is 14.7. The van der Waals surface area contributed by atoms with Crippen LogP contribution in [0.2, 0.25) is 0 Å². The molecule has 1 aliphatic rings. The number of carbonyl (C=O) groups excluding carboxylic acids is 1. The minimum absolute atomic E-state index is 0.00468. The van der Waals surface area contributed by atoms with Gasteiger partial charge in [-0.1, -0.05) is 17.4 Å². The summed E-state index contributed by atoms with van der Waals surface area (Å²) in [5.41, 5.74) is 2.84. The van der Waals surface area contributed by atoms with Gasteiger partial charge in [0.2, 0.25) is 0 Å². The summed E-state index contributed by atoms with van der Waals surface area (Å²) in [7, 11) is 1.54. The molecule has 228 valence electrons. The van der Waals surface area contributed by atoms with Gasteiger partial charge in [-0.05, 0) is 76.1 Å². The van der Waals surface area contributed by atoms with Gasteiger partial charge in [-0.15, -0.1) is 0 Å². The maximum absolute atomic E-state index is 14.0. The fourth-order valence-corrected chi connectivity index (χ4v) is 6.15. The SMILES string of the molecule is CCOC(=O)C1=C(C)N=c2s/c(=C\c3ccc(-c4cc(C)c(C)c([N+](=O)[O-])c4)o3)c(=O)n2[C@H]1c1ccc(OC)c(OCC)c1. The fourth-order valence-electron chi connectivity index (χ4n) is 5.13. The van der Waals surface area contributed by atoms with Crippen LogP contribution >= 0.6 is 11.3 Å². The molecule has 2 aromatic heterocycles. The molecule has 11 nitrogen and oxygen atoms in total. The van der Waals surface area contributed by atoms with E-state index in [1.54, 1.807) is 64.1 Å². The van der Waals surface area contributed by atoms with Crippen LogP contribution in [0.4, 0.5) is 5.69 Å². The number of nitro groups is 1. The number of ether oxygens (including phenoxy) is 3. The highest BCUT2D eigenvalue weighted by Crippen LogP contribution is 2.36. The molecule has 0 fully saturated rings. The molecular formula is C32H31N3O8S. The Morgan fingerprint density at radius 3 is 2.57 bits per heavy atom. The summed E-state index contributed by atoms with van der Waals surface area (Å²) in [5.74, 6) is 1.23. The number of aryl methyl sites for hydroxylation is 1. The van der Waals surface area contributed by atoms with E-state index in [4.69, 9.17) is 18.6 Å². The first-order chi connectivity index (χ1) is 21.1. The number of hydrogen-bond donors (Lipinski definition) is 0. The number of carbonyl (C=O) groups is 1. The summed E-state index contributed by atoms with van der Waals surface area (Å²) >= 11 is 1.16. The van der Waals surface area contributed by atoms with Crippen LogP contribution < -0.4 is 24.4 Å². The minimum atomic E-state index is -0.833. The van der Waals surface area contributed by atoms with Gasteiger partial charge in [0.15, 0.2) is 16.3 Å². The molecule has 1 aliphatic heterocycles. The highest BCUT2D eigenvalue weighted by atomic mass is 32.1. The standard InChI is InChI=1S/C32H31N3O8S/c1-7-41-26-15-20(9-11-25(26)40-6)29-28(31(37)42-8-2)19(5)33-32-34(29)30(36)27(44-32)16-22-10-12-24(43-22)21-13-17(3)18(4)23(14-21)35(38)39/h9-16,29H,7-8H2,1-6H3/b27-16-/t29-/m0/s1. The molecule has 0 bridgehead atoms. The summed E-state index contributed by atoms with van der Waals surface area (Å²) < 4.78 is 24.4. The Bertz CT molecular complexity index is 2000. The quantitative estimate of drug-likeness (QED) is 0.146. The molecule has 0 saturated carbocycles. The molecule has 0 aliphatic carbocycles. The molecule has 12 heteroatoms. The zero-order valence-corrected chi connectivity index (χ0v) is 25.9. The van der Waals surface area contributed by atoms with Gasteiger partial charge in [0.05, 0.1) is 47.1 Å². The number of nitro benzene ring substituents is 1. The Balaban J connectivity index is 1.64. The number of aromatic nitrogens is 1. The van der Waals surface area contributed by atoms with E-state index >= 15 is 0 Å². The zero-order valence-electron chi connectivity index (χ0n) is 25.1. The lowest BCUT2D eigenvalue weighted by Crippen LogP contribution is -2.39. The van der Waals surface area contributed by atoms with Crippen molar-refractivity contribution in [3.05, 3.63) is 106 Å². The molecule has 0 radical (unpaired) electrons. The Kier molecular flexibility index (Phi) is 8.54. The van der Waals surface area contributed by atoms with Gasteiger partial charge in [0.1, 0.15) is 11.5 Å². The van der Waals surface area contributed by atoms with E-state index in [0.29, 0.717) is 61.3 Å². The predicted molar refractivity (Wildman–Crippen MR) is 165 cm³/mol. The van der Waals surface area contributed by atoms with Crippen LogP contribution in [0, 0.1) is 24.0 Å². The van der Waals surface area contributed by atoms with Crippen molar-refractivity contribution in [2.24, 2.45) is 4.99 Å². The molecule has 2 aromatic carbocycles. The van der Waals surface area contributed by atoms with Crippen molar-refractivity contribution in [1.82, 2.24) is 4.57 Å². The first kappa shape index (κ1) is 30.5. The number of nitrogens with zero attached hydrogens (tertiary/aromatic N) is 3. The third kappa shape index (κ3) is 5.55. The van der Waals surface area contributed by atoms with Gasteiger partial charge in [-0.2, -0.15) is 0 Å². The van der Waals surface area contributed by atoms with Crippen molar-refractivity contribution in [2.45, 2.75) is 40.7 Å². The van der Waals surface area contributed by atoms with Crippen LogP contribution in [0.1, 0.15) is 49.3 Å². The van der Waals surface area contributed by atoms with Gasteiger partial charge < -0.3 is 18.6 Å². The van der Waals surface area contributed by atoms with Gasteiger partial charge in [0.25, 0.3) is 11.2 Å². The maximum atomic E-state index is 14.0. The maximum Gasteiger partial charge on any atom is 0.338 e. The Hall–Kier alpha value is -4.97. The second kappa shape index (κ2) is 12.3. The highest BCUT2D eigenvalue weighted by molar-refractivity contribution is 7.07. The smallest absolute Gasteiger partial charge is 0.338 e. The zero-order chi connectivity index (χ0) is 31.7. The minimum Gasteiger partial charge on any atom is -0.493 e. The molecule has 0 unspecified atom stereocenters. The molecule has 0 saturated heterocycles. The largest absolute Gasteiger partial charge is 0.493 e. The predicted octanol–water partition coefficient (Wildman–Crippen LogP) is 4.99. The number of methoxy groups -OCH3 is 1. The summed E-state index contributed by atoms with van der Waals surface area (Å²) in [6.45, 7) is 9.34. The molecule has 0 amide bonds.